The van der Waals surface area contributed by atoms with Crippen LogP contribution in [-0.2, 0) is 7.05 Å². The first-order valence-corrected chi connectivity index (χ1v) is 5.22. The van der Waals surface area contributed by atoms with Gasteiger partial charge in [-0.2, -0.15) is 20.1 Å². The lowest BCUT2D eigenvalue weighted by molar-refractivity contribution is 0.767. The Morgan fingerprint density at radius 3 is 2.72 bits per heavy atom. The van der Waals surface area contributed by atoms with E-state index in [9.17, 15) is 0 Å². The molecule has 8 heteroatoms. The van der Waals surface area contributed by atoms with E-state index in [1.807, 2.05) is 13.1 Å². The normalized spacial score (nSPS) is 10.7. The summed E-state index contributed by atoms with van der Waals surface area (Å²) < 4.78 is 3.34. The van der Waals surface area contributed by atoms with E-state index >= 15 is 0 Å². The Hall–Kier alpha value is -2.77. The molecule has 3 aromatic heterocycles. The number of hydrogen-bond acceptors (Lipinski definition) is 6. The average molecular weight is 242 g/mol. The summed E-state index contributed by atoms with van der Waals surface area (Å²) >= 11 is 0. The third kappa shape index (κ3) is 1.69. The lowest BCUT2D eigenvalue weighted by atomic mass is 10.4. The van der Waals surface area contributed by atoms with Crippen LogP contribution >= 0.6 is 0 Å². The largest absolute Gasteiger partial charge is 0.368 e. The van der Waals surface area contributed by atoms with Crippen molar-refractivity contribution in [2.45, 2.75) is 0 Å². The second-order valence-corrected chi connectivity index (χ2v) is 3.63. The highest BCUT2D eigenvalue weighted by Gasteiger charge is 2.10. The Bertz CT molecular complexity index is 669. The Balaban J connectivity index is 2.15. The quantitative estimate of drug-likeness (QED) is 0.681. The van der Waals surface area contributed by atoms with Crippen LogP contribution < -0.4 is 5.73 Å². The van der Waals surface area contributed by atoms with Crippen LogP contribution in [0.4, 0.5) is 5.95 Å². The maximum Gasteiger partial charge on any atom is 0.240 e. The van der Waals surface area contributed by atoms with Crippen LogP contribution in [0.2, 0.25) is 0 Å². The molecule has 90 valence electrons. The molecule has 3 aromatic rings. The minimum atomic E-state index is 0.157. The van der Waals surface area contributed by atoms with Crippen molar-refractivity contribution in [1.82, 2.24) is 34.3 Å². The topological polar surface area (TPSA) is 100 Å². The van der Waals surface area contributed by atoms with Crippen LogP contribution in [0.3, 0.4) is 0 Å². The Morgan fingerprint density at radius 2 is 2.06 bits per heavy atom. The predicted molar refractivity (Wildman–Crippen MR) is 63.6 cm³/mol. The number of aryl methyl sites for hydroxylation is 1. The molecule has 0 atom stereocenters. The number of rotatable bonds is 2. The number of imidazole rings is 1. The zero-order chi connectivity index (χ0) is 12.5. The average Bonchev–Trinajstić information content (AvgIpc) is 2.98. The fourth-order valence-corrected chi connectivity index (χ4v) is 1.58. The standard InChI is InChI=1S/C10H10N8/c1-17-7(2-3-13-17)8-14-9(11)16-10(15-8)18-5-4-12-6-18/h2-6H,1H3,(H2,11,14,15,16). The molecule has 0 aliphatic carbocycles. The molecule has 0 radical (unpaired) electrons. The van der Waals surface area contributed by atoms with Crippen molar-refractivity contribution in [1.29, 1.82) is 0 Å². The zero-order valence-corrected chi connectivity index (χ0v) is 9.59. The van der Waals surface area contributed by atoms with Crippen molar-refractivity contribution < 1.29 is 0 Å². The van der Waals surface area contributed by atoms with Crippen molar-refractivity contribution in [2.24, 2.45) is 7.05 Å². The van der Waals surface area contributed by atoms with Crippen molar-refractivity contribution in [2.75, 3.05) is 5.73 Å². The van der Waals surface area contributed by atoms with E-state index in [0.717, 1.165) is 5.69 Å². The molecule has 0 saturated heterocycles. The first-order chi connectivity index (χ1) is 8.74. The minimum Gasteiger partial charge on any atom is -0.368 e. The van der Waals surface area contributed by atoms with E-state index in [1.54, 1.807) is 34.2 Å². The second-order valence-electron chi connectivity index (χ2n) is 3.63. The molecule has 8 nitrogen and oxygen atoms in total. The first kappa shape index (κ1) is 10.4. The Kier molecular flexibility index (Phi) is 2.26. The van der Waals surface area contributed by atoms with Crippen molar-refractivity contribution >= 4 is 5.95 Å². The number of nitrogens with zero attached hydrogens (tertiary/aromatic N) is 7. The monoisotopic (exact) mass is 242 g/mol. The summed E-state index contributed by atoms with van der Waals surface area (Å²) in [5.41, 5.74) is 6.46. The van der Waals surface area contributed by atoms with Gasteiger partial charge in [0.05, 0.1) is 0 Å². The summed E-state index contributed by atoms with van der Waals surface area (Å²) in [6, 6.07) is 1.81. The second kappa shape index (κ2) is 3.91. The van der Waals surface area contributed by atoms with Gasteiger partial charge in [0.25, 0.3) is 0 Å². The number of hydrogen-bond donors (Lipinski definition) is 1. The molecule has 18 heavy (non-hydrogen) atoms. The van der Waals surface area contributed by atoms with Gasteiger partial charge in [0.1, 0.15) is 12.0 Å². The van der Waals surface area contributed by atoms with E-state index in [2.05, 4.69) is 25.0 Å². The molecule has 0 aromatic carbocycles. The van der Waals surface area contributed by atoms with Gasteiger partial charge in [0, 0.05) is 25.6 Å². The van der Waals surface area contributed by atoms with Crippen molar-refractivity contribution in [3.8, 4) is 17.5 Å². The molecular formula is C10H10N8. The third-order valence-corrected chi connectivity index (χ3v) is 2.43. The molecule has 2 N–H and O–H groups in total. The van der Waals surface area contributed by atoms with E-state index in [4.69, 9.17) is 5.73 Å². The minimum absolute atomic E-state index is 0.157. The van der Waals surface area contributed by atoms with Gasteiger partial charge in [-0.05, 0) is 6.07 Å². The lowest BCUT2D eigenvalue weighted by Crippen LogP contribution is -2.08. The van der Waals surface area contributed by atoms with E-state index in [-0.39, 0.29) is 5.95 Å². The Morgan fingerprint density at radius 1 is 1.17 bits per heavy atom. The molecule has 0 bridgehead atoms. The van der Waals surface area contributed by atoms with Gasteiger partial charge < -0.3 is 5.73 Å². The molecule has 0 spiro atoms. The summed E-state index contributed by atoms with van der Waals surface area (Å²) in [7, 11) is 1.81. The van der Waals surface area contributed by atoms with Crippen LogP contribution in [0.5, 0.6) is 0 Å². The molecule has 0 saturated carbocycles. The fraction of sp³-hybridized carbons (Fsp3) is 0.100. The van der Waals surface area contributed by atoms with Gasteiger partial charge in [-0.25, -0.2) is 4.98 Å². The van der Waals surface area contributed by atoms with Gasteiger partial charge in [-0.1, -0.05) is 0 Å². The molecule has 3 heterocycles. The van der Waals surface area contributed by atoms with Crippen LogP contribution in [0.1, 0.15) is 0 Å². The molecule has 3 rings (SSSR count). The van der Waals surface area contributed by atoms with Gasteiger partial charge in [0.2, 0.25) is 11.9 Å². The molecule has 0 aliphatic heterocycles. The first-order valence-electron chi connectivity index (χ1n) is 5.22. The smallest absolute Gasteiger partial charge is 0.240 e. The summed E-state index contributed by atoms with van der Waals surface area (Å²) in [5, 5.41) is 4.07. The zero-order valence-electron chi connectivity index (χ0n) is 9.59. The highest BCUT2D eigenvalue weighted by atomic mass is 15.3. The highest BCUT2D eigenvalue weighted by molar-refractivity contribution is 5.51. The summed E-state index contributed by atoms with van der Waals surface area (Å²) in [5.74, 6) is 1.06. The van der Waals surface area contributed by atoms with E-state index in [0.29, 0.717) is 11.8 Å². The highest BCUT2D eigenvalue weighted by Crippen LogP contribution is 2.15. The van der Waals surface area contributed by atoms with E-state index in [1.165, 1.54) is 0 Å². The number of nitrogen functional groups attached to an aromatic ring is 1. The van der Waals surface area contributed by atoms with Gasteiger partial charge in [-0.3, -0.25) is 9.25 Å². The SMILES string of the molecule is Cn1nccc1-c1nc(N)nc(-n2ccnc2)n1. The fourth-order valence-electron chi connectivity index (χ4n) is 1.58. The summed E-state index contributed by atoms with van der Waals surface area (Å²) in [6.07, 6.45) is 6.65. The van der Waals surface area contributed by atoms with Crippen LogP contribution in [0.15, 0.2) is 31.0 Å². The van der Waals surface area contributed by atoms with Gasteiger partial charge in [0.15, 0.2) is 5.82 Å². The molecule has 0 fully saturated rings. The van der Waals surface area contributed by atoms with Gasteiger partial charge in [-0.15, -0.1) is 0 Å². The number of aromatic nitrogens is 7. The van der Waals surface area contributed by atoms with Crippen molar-refractivity contribution in [3.63, 3.8) is 0 Å². The predicted octanol–water partition coefficient (Wildman–Crippen LogP) is 0.0400. The molecular weight excluding hydrogens is 232 g/mol. The van der Waals surface area contributed by atoms with Crippen LogP contribution in [0.25, 0.3) is 17.5 Å². The Labute approximate surface area is 102 Å². The van der Waals surface area contributed by atoms with Crippen molar-refractivity contribution in [3.05, 3.63) is 31.0 Å². The van der Waals surface area contributed by atoms with Crippen LogP contribution in [0, 0.1) is 0 Å². The number of nitrogens with two attached hydrogens (primary N) is 1. The molecule has 0 unspecified atom stereocenters. The molecule has 0 aliphatic rings. The maximum atomic E-state index is 5.70. The lowest BCUT2D eigenvalue weighted by Gasteiger charge is -2.05. The van der Waals surface area contributed by atoms with Crippen LogP contribution in [-0.4, -0.2) is 34.3 Å². The maximum absolute atomic E-state index is 5.70. The summed E-state index contributed by atoms with van der Waals surface area (Å²) in [6.45, 7) is 0. The summed E-state index contributed by atoms with van der Waals surface area (Å²) in [4.78, 5) is 16.5. The van der Waals surface area contributed by atoms with Gasteiger partial charge >= 0.3 is 0 Å². The van der Waals surface area contributed by atoms with E-state index < -0.39 is 0 Å². The third-order valence-electron chi connectivity index (χ3n) is 2.43. The molecule has 0 amide bonds. The number of anilines is 1.